The van der Waals surface area contributed by atoms with Gasteiger partial charge >= 0.3 is 0 Å². The Morgan fingerprint density at radius 3 is 2.44 bits per heavy atom. The molecule has 0 bridgehead atoms. The minimum Gasteiger partial charge on any atom is -0.493 e. The van der Waals surface area contributed by atoms with E-state index in [1.165, 1.54) is 14.2 Å². The molecule has 4 aromatic rings. The number of fused-ring (bicyclic) bond motifs is 1. The monoisotopic (exact) mass is 497 g/mol. The fourth-order valence-electron chi connectivity index (χ4n) is 4.09. The Hall–Kier alpha value is -4.01. The highest BCUT2D eigenvalue weighted by Crippen LogP contribution is 2.31. The molecule has 1 heterocycles. The third-order valence-electron chi connectivity index (χ3n) is 5.91. The second-order valence-electron chi connectivity index (χ2n) is 8.23. The first-order chi connectivity index (χ1) is 17.4. The van der Waals surface area contributed by atoms with Gasteiger partial charge in [-0.2, -0.15) is 0 Å². The van der Waals surface area contributed by atoms with Gasteiger partial charge in [0.25, 0.3) is 5.91 Å². The first kappa shape index (κ1) is 25.1. The summed E-state index contributed by atoms with van der Waals surface area (Å²) in [7, 11) is 3.07. The summed E-state index contributed by atoms with van der Waals surface area (Å²) in [5, 5.41) is 2.86. The Labute approximate surface area is 206 Å². The molecule has 0 saturated carbocycles. The zero-order valence-corrected chi connectivity index (χ0v) is 20.2. The predicted octanol–water partition coefficient (Wildman–Crippen LogP) is 5.87. The van der Waals surface area contributed by atoms with E-state index in [4.69, 9.17) is 9.47 Å². The van der Waals surface area contributed by atoms with Crippen molar-refractivity contribution >= 4 is 16.9 Å². The van der Waals surface area contributed by atoms with Crippen molar-refractivity contribution in [2.24, 2.45) is 0 Å². The number of ether oxygens (including phenoxy) is 2. The van der Waals surface area contributed by atoms with Crippen LogP contribution in [-0.2, 0) is 13.1 Å². The zero-order chi connectivity index (χ0) is 25.8. The Balaban J connectivity index is 1.66. The molecule has 1 aromatic heterocycles. The molecule has 188 valence electrons. The number of aromatic nitrogens is 2. The lowest BCUT2D eigenvalue weighted by Crippen LogP contribution is -2.23. The van der Waals surface area contributed by atoms with E-state index >= 15 is 0 Å². The van der Waals surface area contributed by atoms with Crippen LogP contribution in [0, 0.1) is 17.5 Å². The van der Waals surface area contributed by atoms with E-state index in [9.17, 15) is 18.0 Å². The SMILES string of the molecule is CCCCn1c(-c2cc(F)c(F)c(F)c2)nc2cc(C(=O)NCc3cccc(OC)c3OC)ccc21. The highest BCUT2D eigenvalue weighted by atomic mass is 19.2. The van der Waals surface area contributed by atoms with E-state index in [0.717, 1.165) is 30.5 Å². The van der Waals surface area contributed by atoms with E-state index in [2.05, 4.69) is 10.3 Å². The van der Waals surface area contributed by atoms with Crippen molar-refractivity contribution in [3.8, 4) is 22.9 Å². The summed E-state index contributed by atoms with van der Waals surface area (Å²) in [6.07, 6.45) is 1.69. The lowest BCUT2D eigenvalue weighted by atomic mass is 10.1. The van der Waals surface area contributed by atoms with E-state index in [1.54, 1.807) is 30.3 Å². The summed E-state index contributed by atoms with van der Waals surface area (Å²) in [4.78, 5) is 17.5. The average Bonchev–Trinajstić information content (AvgIpc) is 3.26. The molecule has 0 radical (unpaired) electrons. The van der Waals surface area contributed by atoms with Crippen LogP contribution >= 0.6 is 0 Å². The van der Waals surface area contributed by atoms with Crippen LogP contribution in [0.1, 0.15) is 35.7 Å². The molecule has 36 heavy (non-hydrogen) atoms. The maximum absolute atomic E-state index is 13.9. The quantitative estimate of drug-likeness (QED) is 0.294. The lowest BCUT2D eigenvalue weighted by Gasteiger charge is -2.13. The number of rotatable bonds is 9. The topological polar surface area (TPSA) is 65.4 Å². The first-order valence-electron chi connectivity index (χ1n) is 11.5. The number of hydrogen-bond acceptors (Lipinski definition) is 4. The molecule has 0 aliphatic rings. The number of carbonyl (C=O) groups excluding carboxylic acids is 1. The van der Waals surface area contributed by atoms with E-state index in [0.29, 0.717) is 40.5 Å². The number of amides is 1. The molecule has 1 N–H and O–H groups in total. The van der Waals surface area contributed by atoms with Crippen molar-refractivity contribution < 1.29 is 27.4 Å². The van der Waals surface area contributed by atoms with Gasteiger partial charge in [-0.1, -0.05) is 25.5 Å². The fraction of sp³-hybridized carbons (Fsp3) is 0.259. The molecule has 0 aliphatic carbocycles. The number of imidazole rings is 1. The molecule has 6 nitrogen and oxygen atoms in total. The minimum atomic E-state index is -1.53. The number of benzene rings is 3. The lowest BCUT2D eigenvalue weighted by molar-refractivity contribution is 0.0950. The highest BCUT2D eigenvalue weighted by Gasteiger charge is 2.19. The number of hydrogen-bond donors (Lipinski definition) is 1. The second-order valence-corrected chi connectivity index (χ2v) is 8.23. The van der Waals surface area contributed by atoms with Gasteiger partial charge in [0.05, 0.1) is 25.3 Å². The number of nitrogens with zero attached hydrogens (tertiary/aromatic N) is 2. The van der Waals surface area contributed by atoms with Gasteiger partial charge in [-0.3, -0.25) is 4.79 Å². The summed E-state index contributed by atoms with van der Waals surface area (Å²) >= 11 is 0. The summed E-state index contributed by atoms with van der Waals surface area (Å²) < 4.78 is 53.9. The van der Waals surface area contributed by atoms with Crippen LogP contribution in [0.5, 0.6) is 11.5 Å². The van der Waals surface area contributed by atoms with Crippen molar-refractivity contribution in [1.29, 1.82) is 0 Å². The van der Waals surface area contributed by atoms with Crippen molar-refractivity contribution in [3.05, 3.63) is 77.1 Å². The Kier molecular flexibility index (Phi) is 7.47. The maximum Gasteiger partial charge on any atom is 0.251 e. The molecular formula is C27H26F3N3O3. The normalized spacial score (nSPS) is 11.1. The van der Waals surface area contributed by atoms with Crippen LogP contribution in [0.2, 0.25) is 0 Å². The Morgan fingerprint density at radius 1 is 1.03 bits per heavy atom. The molecule has 0 unspecified atom stereocenters. The summed E-state index contributed by atoms with van der Waals surface area (Å²) in [5.41, 5.74) is 2.42. The molecule has 0 saturated heterocycles. The van der Waals surface area contributed by atoms with E-state index < -0.39 is 17.5 Å². The molecule has 4 rings (SSSR count). The summed E-state index contributed by atoms with van der Waals surface area (Å²) in [6, 6.07) is 12.3. The van der Waals surface area contributed by atoms with E-state index in [1.807, 2.05) is 17.6 Å². The molecule has 0 spiro atoms. The summed E-state index contributed by atoms with van der Waals surface area (Å²) in [5.74, 6) is -3.03. The van der Waals surface area contributed by atoms with Gasteiger partial charge in [0.15, 0.2) is 29.0 Å². The van der Waals surface area contributed by atoms with Crippen LogP contribution in [0.4, 0.5) is 13.2 Å². The van der Waals surface area contributed by atoms with Crippen molar-refractivity contribution in [2.45, 2.75) is 32.9 Å². The van der Waals surface area contributed by atoms with Gasteiger partial charge < -0.3 is 19.4 Å². The van der Waals surface area contributed by atoms with Crippen molar-refractivity contribution in [3.63, 3.8) is 0 Å². The number of para-hydroxylation sites is 1. The average molecular weight is 498 g/mol. The van der Waals surface area contributed by atoms with Gasteiger partial charge in [-0.15, -0.1) is 0 Å². The molecule has 0 atom stereocenters. The highest BCUT2D eigenvalue weighted by molar-refractivity contribution is 5.98. The number of methoxy groups -OCH3 is 2. The van der Waals surface area contributed by atoms with Gasteiger partial charge in [0, 0.05) is 29.8 Å². The number of aryl methyl sites for hydroxylation is 1. The number of nitrogens with one attached hydrogen (secondary N) is 1. The van der Waals surface area contributed by atoms with E-state index in [-0.39, 0.29) is 18.0 Å². The third-order valence-corrected chi connectivity index (χ3v) is 5.91. The molecule has 0 aliphatic heterocycles. The van der Waals surface area contributed by atoms with Gasteiger partial charge in [-0.25, -0.2) is 18.2 Å². The number of carbonyl (C=O) groups is 1. The molecule has 3 aromatic carbocycles. The molecule has 1 amide bonds. The standard InChI is InChI=1S/C27H26F3N3O3/c1-4-5-11-33-22-10-9-16(27(34)31-15-17-7-6-8-23(35-2)25(17)36-3)14-21(22)32-26(33)18-12-19(28)24(30)20(29)13-18/h6-10,12-14H,4-5,11,15H2,1-3H3,(H,31,34). The van der Waals surface area contributed by atoms with Gasteiger partial charge in [0.2, 0.25) is 0 Å². The third kappa shape index (κ3) is 4.86. The van der Waals surface area contributed by atoms with Crippen molar-refractivity contribution in [1.82, 2.24) is 14.9 Å². The predicted molar refractivity (Wildman–Crippen MR) is 131 cm³/mol. The number of unbranched alkanes of at least 4 members (excludes halogenated alkanes) is 1. The first-order valence-corrected chi connectivity index (χ1v) is 11.5. The Bertz CT molecular complexity index is 1400. The fourth-order valence-corrected chi connectivity index (χ4v) is 4.09. The number of halogens is 3. The zero-order valence-electron chi connectivity index (χ0n) is 20.2. The van der Waals surface area contributed by atoms with Crippen LogP contribution in [0.15, 0.2) is 48.5 Å². The van der Waals surface area contributed by atoms with Gasteiger partial charge in [-0.05, 0) is 42.8 Å². The summed E-state index contributed by atoms with van der Waals surface area (Å²) in [6.45, 7) is 2.78. The van der Waals surface area contributed by atoms with Gasteiger partial charge in [0.1, 0.15) is 5.82 Å². The second kappa shape index (κ2) is 10.7. The maximum atomic E-state index is 13.9. The smallest absolute Gasteiger partial charge is 0.251 e. The Morgan fingerprint density at radius 2 is 1.78 bits per heavy atom. The molecular weight excluding hydrogens is 471 g/mol. The largest absolute Gasteiger partial charge is 0.493 e. The van der Waals surface area contributed by atoms with Crippen LogP contribution in [0.25, 0.3) is 22.4 Å². The van der Waals surface area contributed by atoms with Crippen LogP contribution < -0.4 is 14.8 Å². The van der Waals surface area contributed by atoms with Crippen LogP contribution in [0.3, 0.4) is 0 Å². The molecule has 9 heteroatoms. The van der Waals surface area contributed by atoms with Crippen LogP contribution in [-0.4, -0.2) is 29.7 Å². The van der Waals surface area contributed by atoms with Crippen molar-refractivity contribution in [2.75, 3.05) is 14.2 Å². The minimum absolute atomic E-state index is 0.120. The molecule has 0 fully saturated rings.